The molecule has 0 saturated heterocycles. The molecule has 2 amide bonds. The minimum Gasteiger partial charge on any atom is -0.496 e. The molecule has 0 radical (unpaired) electrons. The summed E-state index contributed by atoms with van der Waals surface area (Å²) in [5.41, 5.74) is 1.23. The smallest absolute Gasteiger partial charge is 0.272 e. The van der Waals surface area contributed by atoms with Gasteiger partial charge in [-0.3, -0.25) is 9.59 Å². The third-order valence-corrected chi connectivity index (χ3v) is 5.28. The van der Waals surface area contributed by atoms with Crippen molar-refractivity contribution < 1.29 is 19.1 Å². The fourth-order valence-electron chi connectivity index (χ4n) is 2.93. The summed E-state index contributed by atoms with van der Waals surface area (Å²) in [5, 5.41) is 0.404. The highest BCUT2D eigenvalue weighted by atomic mass is 35.5. The summed E-state index contributed by atoms with van der Waals surface area (Å²) >= 11 is 7.43. The van der Waals surface area contributed by atoms with Crippen LogP contribution >= 0.6 is 23.4 Å². The molecule has 0 saturated carbocycles. The zero-order valence-electron chi connectivity index (χ0n) is 15.1. The molecule has 140 valence electrons. The van der Waals surface area contributed by atoms with E-state index in [1.165, 1.54) is 26.0 Å². The fourth-order valence-corrected chi connectivity index (χ4v) is 3.94. The Morgan fingerprint density at radius 1 is 1.00 bits per heavy atom. The maximum Gasteiger partial charge on any atom is 0.272 e. The lowest BCUT2D eigenvalue weighted by atomic mass is 10.0. The van der Waals surface area contributed by atoms with E-state index in [0.29, 0.717) is 44.0 Å². The predicted octanol–water partition coefficient (Wildman–Crippen LogP) is 4.39. The van der Waals surface area contributed by atoms with Crippen molar-refractivity contribution in [3.63, 3.8) is 0 Å². The van der Waals surface area contributed by atoms with Gasteiger partial charge >= 0.3 is 0 Å². The quantitative estimate of drug-likeness (QED) is 0.669. The normalized spacial score (nSPS) is 14.1. The maximum atomic E-state index is 13.3. The first-order valence-electron chi connectivity index (χ1n) is 8.26. The predicted molar refractivity (Wildman–Crippen MR) is 109 cm³/mol. The van der Waals surface area contributed by atoms with Gasteiger partial charge in [0.15, 0.2) is 0 Å². The van der Waals surface area contributed by atoms with Crippen molar-refractivity contribution in [2.75, 3.05) is 24.9 Å². The van der Waals surface area contributed by atoms with Gasteiger partial charge in [0.1, 0.15) is 11.5 Å². The Labute approximate surface area is 166 Å². The van der Waals surface area contributed by atoms with Crippen LogP contribution in [0.1, 0.15) is 12.5 Å². The Bertz CT molecular complexity index is 941. The van der Waals surface area contributed by atoms with Crippen LogP contribution in [0.25, 0.3) is 5.57 Å². The molecule has 0 N–H and O–H groups in total. The van der Waals surface area contributed by atoms with Crippen LogP contribution in [0.5, 0.6) is 11.5 Å². The SMILES string of the molecule is CCSC1=C(c2ccccc2OC)C(=O)N(c2cc(Cl)ccc2OC)C1=O. The van der Waals surface area contributed by atoms with E-state index in [2.05, 4.69) is 0 Å². The molecule has 0 bridgehead atoms. The molecular formula is C20H18ClNO4S. The van der Waals surface area contributed by atoms with Crippen molar-refractivity contribution in [2.24, 2.45) is 0 Å². The molecule has 0 spiro atoms. The molecule has 27 heavy (non-hydrogen) atoms. The van der Waals surface area contributed by atoms with Gasteiger partial charge in [0, 0.05) is 10.6 Å². The number of rotatable bonds is 6. The largest absolute Gasteiger partial charge is 0.496 e. The Hall–Kier alpha value is -2.44. The van der Waals surface area contributed by atoms with Crippen molar-refractivity contribution >= 4 is 46.4 Å². The molecular weight excluding hydrogens is 386 g/mol. The number of hydrogen-bond donors (Lipinski definition) is 0. The number of anilines is 1. The van der Waals surface area contributed by atoms with Crippen LogP contribution in [-0.4, -0.2) is 31.8 Å². The van der Waals surface area contributed by atoms with Crippen LogP contribution in [-0.2, 0) is 9.59 Å². The highest BCUT2D eigenvalue weighted by Gasteiger charge is 2.42. The number of carbonyl (C=O) groups is 2. The summed E-state index contributed by atoms with van der Waals surface area (Å²) in [6.45, 7) is 1.93. The van der Waals surface area contributed by atoms with E-state index in [9.17, 15) is 9.59 Å². The maximum absolute atomic E-state index is 13.3. The average Bonchev–Trinajstić information content (AvgIpc) is 2.91. The van der Waals surface area contributed by atoms with Gasteiger partial charge in [0.25, 0.3) is 11.8 Å². The first-order chi connectivity index (χ1) is 13.0. The third-order valence-electron chi connectivity index (χ3n) is 4.09. The molecule has 2 aromatic rings. The minimum absolute atomic E-state index is 0.319. The van der Waals surface area contributed by atoms with Gasteiger partial charge in [-0.1, -0.05) is 36.7 Å². The second kappa shape index (κ2) is 8.06. The van der Waals surface area contributed by atoms with Crippen molar-refractivity contribution in [3.8, 4) is 11.5 Å². The van der Waals surface area contributed by atoms with Crippen LogP contribution < -0.4 is 14.4 Å². The lowest BCUT2D eigenvalue weighted by Crippen LogP contribution is -2.31. The number of ether oxygens (including phenoxy) is 2. The molecule has 1 aliphatic heterocycles. The van der Waals surface area contributed by atoms with Gasteiger partial charge < -0.3 is 9.47 Å². The number of carbonyl (C=O) groups excluding carboxylic acids is 2. The van der Waals surface area contributed by atoms with E-state index in [1.807, 2.05) is 13.0 Å². The van der Waals surface area contributed by atoms with Crippen LogP contribution in [0.15, 0.2) is 47.4 Å². The molecule has 0 aromatic heterocycles. The Morgan fingerprint density at radius 3 is 2.37 bits per heavy atom. The van der Waals surface area contributed by atoms with E-state index >= 15 is 0 Å². The Kier molecular flexibility index (Phi) is 5.77. The van der Waals surface area contributed by atoms with Gasteiger partial charge in [-0.25, -0.2) is 4.90 Å². The zero-order valence-corrected chi connectivity index (χ0v) is 16.7. The number of nitrogens with zero attached hydrogens (tertiary/aromatic N) is 1. The lowest BCUT2D eigenvalue weighted by molar-refractivity contribution is -0.119. The van der Waals surface area contributed by atoms with Crippen molar-refractivity contribution in [1.82, 2.24) is 0 Å². The molecule has 1 aliphatic rings. The number of methoxy groups -OCH3 is 2. The second-order valence-corrected chi connectivity index (χ2v) is 7.31. The summed E-state index contributed by atoms with van der Waals surface area (Å²) in [6, 6.07) is 12.0. The van der Waals surface area contributed by atoms with E-state index in [-0.39, 0.29) is 0 Å². The standard InChI is InChI=1S/C20H18ClNO4S/c1-4-27-18-17(13-7-5-6-8-15(13)25-2)19(23)22(20(18)24)14-11-12(21)9-10-16(14)26-3/h5-11H,4H2,1-3H3. The number of halogens is 1. The second-order valence-electron chi connectivity index (χ2n) is 5.60. The van der Waals surface area contributed by atoms with Gasteiger partial charge in [0.2, 0.25) is 0 Å². The van der Waals surface area contributed by atoms with Crippen molar-refractivity contribution in [1.29, 1.82) is 0 Å². The van der Waals surface area contributed by atoms with Gasteiger partial charge in [0.05, 0.1) is 30.4 Å². The fraction of sp³-hybridized carbons (Fsp3) is 0.200. The summed E-state index contributed by atoms with van der Waals surface area (Å²) in [6.07, 6.45) is 0. The van der Waals surface area contributed by atoms with Crippen LogP contribution in [0, 0.1) is 0 Å². The molecule has 0 atom stereocenters. The monoisotopic (exact) mass is 403 g/mol. The molecule has 5 nitrogen and oxygen atoms in total. The number of hydrogen-bond acceptors (Lipinski definition) is 5. The molecule has 1 heterocycles. The van der Waals surface area contributed by atoms with E-state index in [1.54, 1.807) is 36.4 Å². The van der Waals surface area contributed by atoms with Crippen molar-refractivity contribution in [3.05, 3.63) is 58.0 Å². The lowest BCUT2D eigenvalue weighted by Gasteiger charge is -2.18. The average molecular weight is 404 g/mol. The number of thioether (sulfide) groups is 1. The number of imide groups is 1. The highest BCUT2D eigenvalue weighted by Crippen LogP contribution is 2.43. The van der Waals surface area contributed by atoms with Gasteiger partial charge in [-0.05, 0) is 30.0 Å². The minimum atomic E-state index is -0.430. The topological polar surface area (TPSA) is 55.8 Å². The first-order valence-corrected chi connectivity index (χ1v) is 9.62. The van der Waals surface area contributed by atoms with Crippen LogP contribution in [0.4, 0.5) is 5.69 Å². The molecule has 0 aliphatic carbocycles. The first kappa shape index (κ1) is 19.3. The molecule has 0 fully saturated rings. The van der Waals surface area contributed by atoms with Gasteiger partial charge in [-0.2, -0.15) is 0 Å². The molecule has 0 unspecified atom stereocenters. The van der Waals surface area contributed by atoms with Crippen LogP contribution in [0.2, 0.25) is 5.02 Å². The van der Waals surface area contributed by atoms with E-state index < -0.39 is 11.8 Å². The van der Waals surface area contributed by atoms with Crippen LogP contribution in [0.3, 0.4) is 0 Å². The van der Waals surface area contributed by atoms with E-state index in [4.69, 9.17) is 21.1 Å². The summed E-state index contributed by atoms with van der Waals surface area (Å²) in [4.78, 5) is 28.0. The molecule has 2 aromatic carbocycles. The highest BCUT2D eigenvalue weighted by molar-refractivity contribution is 8.04. The summed E-state index contributed by atoms with van der Waals surface area (Å²) in [7, 11) is 3.01. The van der Waals surface area contributed by atoms with E-state index in [0.717, 1.165) is 4.90 Å². The summed E-state index contributed by atoms with van der Waals surface area (Å²) in [5.74, 6) is 0.744. The third kappa shape index (κ3) is 3.42. The van der Waals surface area contributed by atoms with Crippen molar-refractivity contribution in [2.45, 2.75) is 6.92 Å². The number of amides is 2. The summed E-state index contributed by atoms with van der Waals surface area (Å²) < 4.78 is 10.7. The Morgan fingerprint density at radius 2 is 1.70 bits per heavy atom. The van der Waals surface area contributed by atoms with Gasteiger partial charge in [-0.15, -0.1) is 11.8 Å². The molecule has 3 rings (SSSR count). The zero-order chi connectivity index (χ0) is 19.6. The number of para-hydroxylation sites is 1. The Balaban J connectivity index is 2.18. The molecule has 7 heteroatoms. The number of benzene rings is 2.